The molecule has 0 aliphatic carbocycles. The molecule has 0 unspecified atom stereocenters. The Hall–Kier alpha value is -1.72. The number of hydrogen-bond acceptors (Lipinski definition) is 4. The predicted molar refractivity (Wildman–Crippen MR) is 71.7 cm³/mol. The Bertz CT molecular complexity index is 648. The highest BCUT2D eigenvalue weighted by Gasteiger charge is 2.06. The van der Waals surface area contributed by atoms with Gasteiger partial charge >= 0.3 is 0 Å². The third-order valence-corrected chi connectivity index (χ3v) is 3.51. The van der Waals surface area contributed by atoms with Gasteiger partial charge in [-0.1, -0.05) is 29.8 Å². The van der Waals surface area contributed by atoms with E-state index in [0.29, 0.717) is 17.4 Å². The number of benzene rings is 1. The summed E-state index contributed by atoms with van der Waals surface area (Å²) in [6.07, 6.45) is 0. The molecule has 0 amide bonds. The maximum Gasteiger partial charge on any atom is 0.214 e. The van der Waals surface area contributed by atoms with E-state index in [2.05, 4.69) is 15.4 Å². The van der Waals surface area contributed by atoms with Gasteiger partial charge in [-0.05, 0) is 34.4 Å². The Balaban J connectivity index is 1.82. The van der Waals surface area contributed by atoms with Gasteiger partial charge in [-0.2, -0.15) is 4.80 Å². The molecule has 0 fully saturated rings. The second-order valence-electron chi connectivity index (χ2n) is 3.75. The molecule has 3 aromatic rings. The number of halogens is 1. The predicted octanol–water partition coefficient (Wildman–Crippen LogP) is 3.10. The van der Waals surface area contributed by atoms with Crippen molar-refractivity contribution in [3.63, 3.8) is 0 Å². The number of hydrogen-bond donors (Lipinski definition) is 0. The van der Waals surface area contributed by atoms with Crippen LogP contribution in [-0.2, 0) is 6.54 Å². The van der Waals surface area contributed by atoms with Gasteiger partial charge in [0, 0.05) is 5.02 Å². The average Bonchev–Trinajstić information content (AvgIpc) is 2.98. The summed E-state index contributed by atoms with van der Waals surface area (Å²) >= 11 is 7.53. The van der Waals surface area contributed by atoms with Crippen LogP contribution in [-0.4, -0.2) is 20.2 Å². The quantitative estimate of drug-likeness (QED) is 0.738. The first-order chi connectivity index (χ1) is 8.81. The topological polar surface area (TPSA) is 43.6 Å². The number of aromatic nitrogens is 4. The van der Waals surface area contributed by atoms with Crippen LogP contribution in [0, 0.1) is 0 Å². The molecule has 90 valence electrons. The maximum atomic E-state index is 5.93. The summed E-state index contributed by atoms with van der Waals surface area (Å²) in [7, 11) is 0. The summed E-state index contributed by atoms with van der Waals surface area (Å²) in [6, 6.07) is 11.6. The van der Waals surface area contributed by atoms with Crippen molar-refractivity contribution >= 4 is 22.9 Å². The molecule has 0 saturated carbocycles. The molecule has 18 heavy (non-hydrogen) atoms. The van der Waals surface area contributed by atoms with E-state index in [4.69, 9.17) is 11.6 Å². The van der Waals surface area contributed by atoms with E-state index in [9.17, 15) is 0 Å². The fourth-order valence-corrected chi connectivity index (χ4v) is 2.47. The molecule has 0 spiro atoms. The molecule has 0 aliphatic rings. The van der Waals surface area contributed by atoms with Crippen molar-refractivity contribution in [3.8, 4) is 10.7 Å². The first-order valence-corrected chi connectivity index (χ1v) is 6.63. The van der Waals surface area contributed by atoms with Crippen molar-refractivity contribution in [1.29, 1.82) is 0 Å². The molecule has 0 bridgehead atoms. The molecule has 2 heterocycles. The van der Waals surface area contributed by atoms with Crippen LogP contribution >= 0.6 is 22.9 Å². The molecule has 4 nitrogen and oxygen atoms in total. The van der Waals surface area contributed by atoms with Crippen molar-refractivity contribution in [1.82, 2.24) is 20.2 Å². The van der Waals surface area contributed by atoms with Crippen LogP contribution in [0.2, 0.25) is 5.02 Å². The third kappa shape index (κ3) is 2.42. The van der Waals surface area contributed by atoms with Crippen LogP contribution in [0.15, 0.2) is 41.8 Å². The lowest BCUT2D eigenvalue weighted by molar-refractivity contribution is 0.573. The zero-order valence-corrected chi connectivity index (χ0v) is 10.9. The molecular formula is C12H9ClN4S. The summed E-state index contributed by atoms with van der Waals surface area (Å²) in [5, 5.41) is 15.1. The van der Waals surface area contributed by atoms with Crippen LogP contribution in [0.3, 0.4) is 0 Å². The maximum absolute atomic E-state index is 5.93. The van der Waals surface area contributed by atoms with Gasteiger partial charge in [-0.3, -0.25) is 0 Å². The second kappa shape index (κ2) is 4.88. The summed E-state index contributed by atoms with van der Waals surface area (Å²) in [6.45, 7) is 0.568. The molecule has 0 N–H and O–H groups in total. The Labute approximate surface area is 113 Å². The fourth-order valence-electron chi connectivity index (χ4n) is 1.61. The number of tetrazole rings is 1. The fraction of sp³-hybridized carbons (Fsp3) is 0.0833. The normalized spacial score (nSPS) is 10.7. The van der Waals surface area contributed by atoms with Crippen molar-refractivity contribution < 1.29 is 0 Å². The van der Waals surface area contributed by atoms with Gasteiger partial charge in [0.2, 0.25) is 5.82 Å². The van der Waals surface area contributed by atoms with Crippen molar-refractivity contribution in [2.75, 3.05) is 0 Å². The van der Waals surface area contributed by atoms with Gasteiger partial charge in [-0.25, -0.2) is 0 Å². The lowest BCUT2D eigenvalue weighted by atomic mass is 10.2. The molecule has 0 radical (unpaired) electrons. The van der Waals surface area contributed by atoms with Crippen molar-refractivity contribution in [2.45, 2.75) is 6.54 Å². The van der Waals surface area contributed by atoms with Crippen LogP contribution in [0.5, 0.6) is 0 Å². The number of rotatable bonds is 3. The Morgan fingerprint density at radius 2 is 2.17 bits per heavy atom. The highest BCUT2D eigenvalue weighted by atomic mass is 35.5. The molecule has 0 atom stereocenters. The monoisotopic (exact) mass is 276 g/mol. The summed E-state index contributed by atoms with van der Waals surface area (Å²) in [4.78, 5) is 2.59. The lowest BCUT2D eigenvalue weighted by Gasteiger charge is -1.99. The van der Waals surface area contributed by atoms with Crippen LogP contribution in [0.25, 0.3) is 10.7 Å². The summed E-state index contributed by atoms with van der Waals surface area (Å²) in [5.41, 5.74) is 1.05. The number of thiophene rings is 1. The number of nitrogens with zero attached hydrogens (tertiary/aromatic N) is 4. The van der Waals surface area contributed by atoms with Crippen LogP contribution < -0.4 is 0 Å². The summed E-state index contributed by atoms with van der Waals surface area (Å²) < 4.78 is 0. The van der Waals surface area contributed by atoms with Gasteiger partial charge in [0.1, 0.15) is 0 Å². The van der Waals surface area contributed by atoms with Crippen LogP contribution in [0.4, 0.5) is 0 Å². The first-order valence-electron chi connectivity index (χ1n) is 5.37. The highest BCUT2D eigenvalue weighted by molar-refractivity contribution is 7.13. The van der Waals surface area contributed by atoms with Crippen molar-refractivity contribution in [3.05, 3.63) is 52.4 Å². The van der Waals surface area contributed by atoms with E-state index >= 15 is 0 Å². The lowest BCUT2D eigenvalue weighted by Crippen LogP contribution is -2.03. The van der Waals surface area contributed by atoms with Gasteiger partial charge in [0.05, 0.1) is 11.4 Å². The van der Waals surface area contributed by atoms with E-state index in [1.54, 1.807) is 16.1 Å². The SMILES string of the molecule is Clc1cccc(Cn2nnc(-c3cccs3)n2)c1. The smallest absolute Gasteiger partial charge is 0.159 e. The Morgan fingerprint density at radius 1 is 1.22 bits per heavy atom. The van der Waals surface area contributed by atoms with E-state index in [1.807, 2.05) is 41.8 Å². The average molecular weight is 277 g/mol. The largest absolute Gasteiger partial charge is 0.214 e. The molecule has 0 aliphatic heterocycles. The molecular weight excluding hydrogens is 268 g/mol. The molecule has 0 saturated heterocycles. The van der Waals surface area contributed by atoms with Crippen molar-refractivity contribution in [2.24, 2.45) is 0 Å². The zero-order valence-electron chi connectivity index (χ0n) is 9.32. The Kier molecular flexibility index (Phi) is 3.08. The van der Waals surface area contributed by atoms with Gasteiger partial charge in [-0.15, -0.1) is 21.5 Å². The minimum absolute atomic E-state index is 0.568. The minimum atomic E-state index is 0.568. The zero-order chi connectivity index (χ0) is 12.4. The Morgan fingerprint density at radius 3 is 2.94 bits per heavy atom. The third-order valence-electron chi connectivity index (χ3n) is 2.41. The minimum Gasteiger partial charge on any atom is -0.159 e. The van der Waals surface area contributed by atoms with E-state index in [-0.39, 0.29) is 0 Å². The molecule has 6 heteroatoms. The second-order valence-corrected chi connectivity index (χ2v) is 5.13. The van der Waals surface area contributed by atoms with E-state index in [0.717, 1.165) is 10.4 Å². The van der Waals surface area contributed by atoms with E-state index < -0.39 is 0 Å². The molecule has 3 rings (SSSR count). The van der Waals surface area contributed by atoms with Gasteiger partial charge in [0.15, 0.2) is 0 Å². The van der Waals surface area contributed by atoms with Gasteiger partial charge in [0.25, 0.3) is 0 Å². The highest BCUT2D eigenvalue weighted by Crippen LogP contribution is 2.19. The summed E-state index contributed by atoms with van der Waals surface area (Å²) in [5.74, 6) is 0.659. The van der Waals surface area contributed by atoms with Crippen LogP contribution in [0.1, 0.15) is 5.56 Å². The van der Waals surface area contributed by atoms with E-state index in [1.165, 1.54) is 0 Å². The molecule has 2 aromatic heterocycles. The van der Waals surface area contributed by atoms with Gasteiger partial charge < -0.3 is 0 Å². The standard InChI is InChI=1S/C12H9ClN4S/c13-10-4-1-3-9(7-10)8-17-15-12(14-16-17)11-5-2-6-18-11/h1-7H,8H2. The first kappa shape index (κ1) is 11.4. The molecule has 1 aromatic carbocycles.